The van der Waals surface area contributed by atoms with Crippen LogP contribution in [0.15, 0.2) is 0 Å². The van der Waals surface area contributed by atoms with Crippen LogP contribution in [0.25, 0.3) is 0 Å². The fourth-order valence-corrected chi connectivity index (χ4v) is 2.43. The van der Waals surface area contributed by atoms with Gasteiger partial charge in [-0.3, -0.25) is 0 Å². The highest BCUT2D eigenvalue weighted by Gasteiger charge is 2.28. The molecule has 2 heterocycles. The summed E-state index contributed by atoms with van der Waals surface area (Å²) in [6.45, 7) is 4.35. The topological polar surface area (TPSA) is 67.9 Å². The van der Waals surface area contributed by atoms with Crippen LogP contribution in [0.2, 0.25) is 0 Å². The fourth-order valence-electron chi connectivity index (χ4n) is 2.43. The molecule has 1 saturated carbocycles. The second kappa shape index (κ2) is 4.13. The molecular weight excluding hydrogens is 214 g/mol. The normalized spacial score (nSPS) is 25.0. The van der Waals surface area contributed by atoms with Crippen LogP contribution in [0, 0.1) is 5.92 Å². The third kappa shape index (κ3) is 2.33. The Labute approximate surface area is 101 Å². The number of nitrogen functional groups attached to an aromatic ring is 1. The van der Waals surface area contributed by atoms with E-state index in [1.807, 2.05) is 0 Å². The van der Waals surface area contributed by atoms with E-state index in [4.69, 9.17) is 5.73 Å². The van der Waals surface area contributed by atoms with E-state index in [0.717, 1.165) is 24.9 Å². The number of hydrogen-bond acceptors (Lipinski definition) is 5. The molecule has 17 heavy (non-hydrogen) atoms. The standard InChI is InChI=1S/C12H19N5/c1-8-3-2-6-17(7-8)12-15-10(9-4-5-9)14-11(13)16-12/h8-9H,2-7H2,1H3,(H2,13,14,15,16). The van der Waals surface area contributed by atoms with Crippen LogP contribution in [0.5, 0.6) is 0 Å². The molecule has 0 spiro atoms. The molecule has 0 aromatic carbocycles. The van der Waals surface area contributed by atoms with Crippen LogP contribution in [-0.4, -0.2) is 28.0 Å². The summed E-state index contributed by atoms with van der Waals surface area (Å²) < 4.78 is 0. The van der Waals surface area contributed by atoms with Crippen LogP contribution in [0.1, 0.15) is 44.3 Å². The van der Waals surface area contributed by atoms with E-state index in [-0.39, 0.29) is 0 Å². The molecule has 1 atom stereocenters. The largest absolute Gasteiger partial charge is 0.368 e. The Morgan fingerprint density at radius 1 is 1.18 bits per heavy atom. The van der Waals surface area contributed by atoms with Crippen molar-refractivity contribution in [2.24, 2.45) is 5.92 Å². The van der Waals surface area contributed by atoms with Crippen LogP contribution < -0.4 is 10.6 Å². The summed E-state index contributed by atoms with van der Waals surface area (Å²) in [5.74, 6) is 3.29. The van der Waals surface area contributed by atoms with Gasteiger partial charge in [0.1, 0.15) is 5.82 Å². The molecule has 1 aromatic rings. The number of nitrogens with zero attached hydrogens (tertiary/aromatic N) is 4. The van der Waals surface area contributed by atoms with Gasteiger partial charge in [-0.1, -0.05) is 6.92 Å². The molecule has 2 aliphatic rings. The van der Waals surface area contributed by atoms with Gasteiger partial charge in [-0.15, -0.1) is 0 Å². The maximum absolute atomic E-state index is 5.78. The summed E-state index contributed by atoms with van der Waals surface area (Å²) >= 11 is 0. The highest BCUT2D eigenvalue weighted by Crippen LogP contribution is 2.38. The SMILES string of the molecule is CC1CCCN(c2nc(N)nc(C3CC3)n2)C1. The summed E-state index contributed by atoms with van der Waals surface area (Å²) in [7, 11) is 0. The van der Waals surface area contributed by atoms with Crippen molar-refractivity contribution in [1.82, 2.24) is 15.0 Å². The van der Waals surface area contributed by atoms with E-state index >= 15 is 0 Å². The summed E-state index contributed by atoms with van der Waals surface area (Å²) in [4.78, 5) is 15.3. The van der Waals surface area contributed by atoms with E-state index < -0.39 is 0 Å². The zero-order chi connectivity index (χ0) is 11.8. The predicted molar refractivity (Wildman–Crippen MR) is 66.8 cm³/mol. The van der Waals surface area contributed by atoms with E-state index in [2.05, 4.69) is 26.8 Å². The van der Waals surface area contributed by atoms with Crippen LogP contribution >= 0.6 is 0 Å². The zero-order valence-electron chi connectivity index (χ0n) is 10.3. The molecule has 1 aliphatic heterocycles. The molecule has 2 fully saturated rings. The van der Waals surface area contributed by atoms with Crippen molar-refractivity contribution in [1.29, 1.82) is 0 Å². The minimum atomic E-state index is 0.370. The molecule has 1 aromatic heterocycles. The van der Waals surface area contributed by atoms with Crippen molar-refractivity contribution in [3.05, 3.63) is 5.82 Å². The predicted octanol–water partition coefficient (Wildman–Crippen LogP) is 1.57. The summed E-state index contributed by atoms with van der Waals surface area (Å²) in [6, 6.07) is 0. The van der Waals surface area contributed by atoms with Gasteiger partial charge in [0.05, 0.1) is 0 Å². The quantitative estimate of drug-likeness (QED) is 0.839. The second-order valence-electron chi connectivity index (χ2n) is 5.32. The van der Waals surface area contributed by atoms with Gasteiger partial charge in [0.25, 0.3) is 0 Å². The minimum absolute atomic E-state index is 0.370. The highest BCUT2D eigenvalue weighted by molar-refractivity contribution is 5.36. The Balaban J connectivity index is 1.85. The van der Waals surface area contributed by atoms with Crippen LogP contribution in [0.3, 0.4) is 0 Å². The molecule has 5 nitrogen and oxygen atoms in total. The number of nitrogens with two attached hydrogens (primary N) is 1. The first-order valence-corrected chi connectivity index (χ1v) is 6.49. The van der Waals surface area contributed by atoms with Gasteiger partial charge >= 0.3 is 0 Å². The molecule has 92 valence electrons. The summed E-state index contributed by atoms with van der Waals surface area (Å²) in [5.41, 5.74) is 5.78. The molecule has 1 aliphatic carbocycles. The van der Waals surface area contributed by atoms with Gasteiger partial charge in [-0.25, -0.2) is 0 Å². The minimum Gasteiger partial charge on any atom is -0.368 e. The third-order valence-corrected chi connectivity index (χ3v) is 3.54. The number of aromatic nitrogens is 3. The monoisotopic (exact) mass is 233 g/mol. The van der Waals surface area contributed by atoms with Crippen molar-refractivity contribution in [2.45, 2.75) is 38.5 Å². The van der Waals surface area contributed by atoms with Gasteiger partial charge in [-0.05, 0) is 31.6 Å². The lowest BCUT2D eigenvalue weighted by Crippen LogP contribution is -2.35. The van der Waals surface area contributed by atoms with Gasteiger partial charge in [-0.2, -0.15) is 15.0 Å². The van der Waals surface area contributed by atoms with Gasteiger partial charge in [0.15, 0.2) is 0 Å². The number of anilines is 2. The van der Waals surface area contributed by atoms with Crippen molar-refractivity contribution in [3.63, 3.8) is 0 Å². The Kier molecular flexibility index (Phi) is 2.61. The summed E-state index contributed by atoms with van der Waals surface area (Å²) in [6.07, 6.45) is 4.90. The first-order valence-electron chi connectivity index (χ1n) is 6.49. The first kappa shape index (κ1) is 10.7. The van der Waals surface area contributed by atoms with Crippen molar-refractivity contribution in [3.8, 4) is 0 Å². The Hall–Kier alpha value is -1.39. The Bertz CT molecular complexity index is 415. The molecule has 5 heteroatoms. The molecule has 2 N–H and O–H groups in total. The number of hydrogen-bond donors (Lipinski definition) is 1. The lowest BCUT2D eigenvalue weighted by Gasteiger charge is -2.30. The zero-order valence-corrected chi connectivity index (χ0v) is 10.3. The Morgan fingerprint density at radius 2 is 2.00 bits per heavy atom. The molecule has 0 amide bonds. The Morgan fingerprint density at radius 3 is 2.71 bits per heavy atom. The first-order chi connectivity index (χ1) is 8.22. The summed E-state index contributed by atoms with van der Waals surface area (Å²) in [5, 5.41) is 0. The lowest BCUT2D eigenvalue weighted by molar-refractivity contribution is 0.441. The fraction of sp³-hybridized carbons (Fsp3) is 0.750. The van der Waals surface area contributed by atoms with Crippen LogP contribution in [-0.2, 0) is 0 Å². The smallest absolute Gasteiger partial charge is 0.230 e. The van der Waals surface area contributed by atoms with E-state index in [1.165, 1.54) is 25.7 Å². The van der Waals surface area contributed by atoms with Gasteiger partial charge in [0, 0.05) is 19.0 Å². The molecule has 1 saturated heterocycles. The molecule has 3 rings (SSSR count). The average Bonchev–Trinajstić information content (AvgIpc) is 3.12. The van der Waals surface area contributed by atoms with E-state index in [1.54, 1.807) is 0 Å². The highest BCUT2D eigenvalue weighted by atomic mass is 15.3. The molecule has 0 radical (unpaired) electrons. The lowest BCUT2D eigenvalue weighted by atomic mass is 10.0. The molecule has 1 unspecified atom stereocenters. The maximum atomic E-state index is 5.78. The van der Waals surface area contributed by atoms with Crippen LogP contribution in [0.4, 0.5) is 11.9 Å². The number of piperidine rings is 1. The van der Waals surface area contributed by atoms with Crippen molar-refractivity contribution in [2.75, 3.05) is 23.7 Å². The maximum Gasteiger partial charge on any atom is 0.230 e. The average molecular weight is 233 g/mol. The molecular formula is C12H19N5. The second-order valence-corrected chi connectivity index (χ2v) is 5.32. The van der Waals surface area contributed by atoms with Gasteiger partial charge < -0.3 is 10.6 Å². The van der Waals surface area contributed by atoms with Crippen molar-refractivity contribution >= 4 is 11.9 Å². The molecule has 0 bridgehead atoms. The van der Waals surface area contributed by atoms with E-state index in [9.17, 15) is 0 Å². The van der Waals surface area contributed by atoms with Gasteiger partial charge in [0.2, 0.25) is 11.9 Å². The number of rotatable bonds is 2. The van der Waals surface area contributed by atoms with Crippen molar-refractivity contribution < 1.29 is 0 Å². The van der Waals surface area contributed by atoms with E-state index in [0.29, 0.717) is 17.8 Å². The third-order valence-electron chi connectivity index (χ3n) is 3.54.